The summed E-state index contributed by atoms with van der Waals surface area (Å²) in [6.07, 6.45) is 0. The Hall–Kier alpha value is -1.17. The van der Waals surface area contributed by atoms with E-state index in [1.807, 2.05) is 18.7 Å². The molecule has 4 nitrogen and oxygen atoms in total. The highest BCUT2D eigenvalue weighted by Crippen LogP contribution is 2.28. The Morgan fingerprint density at radius 2 is 2.20 bits per heavy atom. The van der Waals surface area contributed by atoms with Crippen LogP contribution in [0.1, 0.15) is 13.8 Å². The average molecular weight is 301 g/mol. The lowest BCUT2D eigenvalue weighted by Gasteiger charge is -2.48. The van der Waals surface area contributed by atoms with E-state index >= 15 is 0 Å². The Morgan fingerprint density at radius 1 is 1.55 bits per heavy atom. The van der Waals surface area contributed by atoms with Crippen LogP contribution in [-0.2, 0) is 4.79 Å². The fourth-order valence-electron chi connectivity index (χ4n) is 2.19. The summed E-state index contributed by atoms with van der Waals surface area (Å²) in [6.45, 7) is 5.05. The Morgan fingerprint density at radius 3 is 2.75 bits per heavy atom. The quantitative estimate of drug-likeness (QED) is 0.895. The van der Waals surface area contributed by atoms with Crippen molar-refractivity contribution in [1.82, 2.24) is 4.90 Å². The minimum absolute atomic E-state index is 0.161. The summed E-state index contributed by atoms with van der Waals surface area (Å²) in [4.78, 5) is 13.7. The lowest BCUT2D eigenvalue weighted by Crippen LogP contribution is -2.65. The summed E-state index contributed by atoms with van der Waals surface area (Å²) >= 11 is 5.84. The van der Waals surface area contributed by atoms with Crippen molar-refractivity contribution >= 4 is 23.2 Å². The number of hydrogen-bond acceptors (Lipinski definition) is 3. The number of β-amino-alcohol motifs (C(OH)–C–C–N with tert-alkyl or cyclic N) is 1. The summed E-state index contributed by atoms with van der Waals surface area (Å²) in [5.74, 6) is -0.518. The van der Waals surface area contributed by atoms with Gasteiger partial charge in [-0.2, -0.15) is 0 Å². The molecule has 0 radical (unpaired) electrons. The second kappa shape index (κ2) is 5.68. The molecule has 0 unspecified atom stereocenters. The van der Waals surface area contributed by atoms with E-state index in [1.165, 1.54) is 12.1 Å². The van der Waals surface area contributed by atoms with Gasteiger partial charge in [0.25, 0.3) is 0 Å². The van der Waals surface area contributed by atoms with Crippen LogP contribution in [-0.4, -0.2) is 41.1 Å². The Bertz CT molecular complexity index is 516. The van der Waals surface area contributed by atoms with Gasteiger partial charge in [-0.15, -0.1) is 0 Å². The van der Waals surface area contributed by atoms with Crippen molar-refractivity contribution in [2.24, 2.45) is 5.92 Å². The maximum Gasteiger partial charge on any atom is 0.238 e. The third-order valence-corrected chi connectivity index (χ3v) is 3.95. The van der Waals surface area contributed by atoms with Crippen LogP contribution in [0.3, 0.4) is 0 Å². The van der Waals surface area contributed by atoms with Crippen molar-refractivity contribution in [3.05, 3.63) is 29.0 Å². The average Bonchev–Trinajstić information content (AvgIpc) is 2.30. The second-order valence-electron chi connectivity index (χ2n) is 5.58. The number of benzene rings is 1. The molecule has 110 valence electrons. The Kier molecular flexibility index (Phi) is 4.32. The first-order valence-corrected chi connectivity index (χ1v) is 6.87. The summed E-state index contributed by atoms with van der Waals surface area (Å²) in [7, 11) is 0. The van der Waals surface area contributed by atoms with Crippen LogP contribution in [0.15, 0.2) is 18.2 Å². The maximum absolute atomic E-state index is 12.9. The van der Waals surface area contributed by atoms with E-state index in [-0.39, 0.29) is 23.4 Å². The molecule has 0 saturated carbocycles. The molecule has 2 N–H and O–H groups in total. The molecule has 1 amide bonds. The number of nitrogens with one attached hydrogen (secondary N) is 1. The molecule has 1 saturated heterocycles. The SMILES string of the molecule is CC(C)C1(O)CN(CC(=O)Nc2ccc(F)cc2Cl)C1. The highest BCUT2D eigenvalue weighted by molar-refractivity contribution is 6.33. The van der Waals surface area contributed by atoms with E-state index in [2.05, 4.69) is 5.32 Å². The molecule has 0 spiro atoms. The zero-order chi connectivity index (χ0) is 14.9. The van der Waals surface area contributed by atoms with Gasteiger partial charge in [0.1, 0.15) is 5.82 Å². The van der Waals surface area contributed by atoms with Gasteiger partial charge in [0.05, 0.1) is 22.9 Å². The molecule has 0 atom stereocenters. The Balaban J connectivity index is 1.85. The number of carbonyl (C=O) groups is 1. The van der Waals surface area contributed by atoms with Gasteiger partial charge in [-0.3, -0.25) is 9.69 Å². The van der Waals surface area contributed by atoms with Crippen molar-refractivity contribution in [3.63, 3.8) is 0 Å². The second-order valence-corrected chi connectivity index (χ2v) is 5.98. The molecule has 1 aromatic rings. The van der Waals surface area contributed by atoms with Crippen LogP contribution in [0.4, 0.5) is 10.1 Å². The molecule has 1 aromatic carbocycles. The van der Waals surface area contributed by atoms with Gasteiger partial charge in [-0.1, -0.05) is 25.4 Å². The molecule has 0 bridgehead atoms. The zero-order valence-corrected chi connectivity index (χ0v) is 12.2. The van der Waals surface area contributed by atoms with Gasteiger partial charge in [0, 0.05) is 13.1 Å². The fourth-order valence-corrected chi connectivity index (χ4v) is 2.40. The third-order valence-electron chi connectivity index (χ3n) is 3.64. The van der Waals surface area contributed by atoms with Gasteiger partial charge in [0.2, 0.25) is 5.91 Å². The summed E-state index contributed by atoms with van der Waals surface area (Å²) in [5, 5.41) is 12.9. The van der Waals surface area contributed by atoms with Gasteiger partial charge in [-0.25, -0.2) is 4.39 Å². The number of rotatable bonds is 4. The van der Waals surface area contributed by atoms with Crippen LogP contribution in [0.25, 0.3) is 0 Å². The summed E-state index contributed by atoms with van der Waals surface area (Å²) in [6, 6.07) is 3.82. The van der Waals surface area contributed by atoms with E-state index in [0.29, 0.717) is 18.8 Å². The number of aliphatic hydroxyl groups is 1. The third kappa shape index (κ3) is 3.29. The Labute approximate surface area is 122 Å². The minimum Gasteiger partial charge on any atom is -0.387 e. The highest BCUT2D eigenvalue weighted by Gasteiger charge is 2.43. The van der Waals surface area contributed by atoms with Crippen LogP contribution in [0.2, 0.25) is 5.02 Å². The molecule has 1 heterocycles. The van der Waals surface area contributed by atoms with Gasteiger partial charge < -0.3 is 10.4 Å². The molecule has 2 rings (SSSR count). The number of nitrogens with zero attached hydrogens (tertiary/aromatic N) is 1. The standard InChI is InChI=1S/C14H18ClFN2O2/c1-9(2)14(20)7-18(8-14)6-13(19)17-12-4-3-10(16)5-11(12)15/h3-5,9,20H,6-8H2,1-2H3,(H,17,19). The number of halogens is 2. The molecule has 1 aliphatic rings. The van der Waals surface area contributed by atoms with E-state index in [4.69, 9.17) is 11.6 Å². The van der Waals surface area contributed by atoms with Gasteiger partial charge in [-0.05, 0) is 24.1 Å². The minimum atomic E-state index is -0.701. The number of carbonyl (C=O) groups excluding carboxylic acids is 1. The smallest absolute Gasteiger partial charge is 0.238 e. The lowest BCUT2D eigenvalue weighted by atomic mass is 9.83. The van der Waals surface area contributed by atoms with E-state index in [0.717, 1.165) is 6.07 Å². The highest BCUT2D eigenvalue weighted by atomic mass is 35.5. The number of hydrogen-bond donors (Lipinski definition) is 2. The first-order chi connectivity index (χ1) is 9.30. The normalized spacial score (nSPS) is 17.9. The van der Waals surface area contributed by atoms with Crippen LogP contribution in [0, 0.1) is 11.7 Å². The monoisotopic (exact) mass is 300 g/mol. The van der Waals surface area contributed by atoms with E-state index < -0.39 is 11.4 Å². The lowest BCUT2D eigenvalue weighted by molar-refractivity contribution is -0.139. The van der Waals surface area contributed by atoms with Crippen molar-refractivity contribution in [2.45, 2.75) is 19.4 Å². The van der Waals surface area contributed by atoms with Crippen molar-refractivity contribution in [3.8, 4) is 0 Å². The van der Waals surface area contributed by atoms with Crippen molar-refractivity contribution in [1.29, 1.82) is 0 Å². The van der Waals surface area contributed by atoms with E-state index in [1.54, 1.807) is 0 Å². The predicted molar refractivity (Wildman–Crippen MR) is 76.3 cm³/mol. The van der Waals surface area contributed by atoms with Crippen LogP contribution >= 0.6 is 11.6 Å². The van der Waals surface area contributed by atoms with Crippen LogP contribution in [0.5, 0.6) is 0 Å². The first kappa shape index (κ1) is 15.2. The van der Waals surface area contributed by atoms with Crippen molar-refractivity contribution < 1.29 is 14.3 Å². The van der Waals surface area contributed by atoms with E-state index in [9.17, 15) is 14.3 Å². The maximum atomic E-state index is 12.9. The van der Waals surface area contributed by atoms with Gasteiger partial charge in [0.15, 0.2) is 0 Å². The molecular weight excluding hydrogens is 283 g/mol. The molecule has 20 heavy (non-hydrogen) atoms. The molecule has 0 aromatic heterocycles. The fraction of sp³-hybridized carbons (Fsp3) is 0.500. The molecule has 0 aliphatic carbocycles. The zero-order valence-electron chi connectivity index (χ0n) is 11.5. The molecule has 6 heteroatoms. The largest absolute Gasteiger partial charge is 0.387 e. The van der Waals surface area contributed by atoms with Crippen molar-refractivity contribution in [2.75, 3.05) is 25.0 Å². The summed E-state index contributed by atoms with van der Waals surface area (Å²) < 4.78 is 12.9. The molecular formula is C14H18ClFN2O2. The molecule has 1 fully saturated rings. The van der Waals surface area contributed by atoms with Gasteiger partial charge >= 0.3 is 0 Å². The molecule has 1 aliphatic heterocycles. The number of anilines is 1. The topological polar surface area (TPSA) is 52.6 Å². The first-order valence-electron chi connectivity index (χ1n) is 6.50. The number of likely N-dealkylation sites (tertiary alicyclic amines) is 1. The summed E-state index contributed by atoms with van der Waals surface area (Å²) in [5.41, 5.74) is -0.314. The predicted octanol–water partition coefficient (Wildman–Crippen LogP) is 2.12. The number of amides is 1. The van der Waals surface area contributed by atoms with Crippen LogP contribution < -0.4 is 5.32 Å².